The van der Waals surface area contributed by atoms with Crippen LogP contribution in [0, 0.1) is 6.92 Å². The van der Waals surface area contributed by atoms with Crippen molar-refractivity contribution in [3.8, 4) is 0 Å². The van der Waals surface area contributed by atoms with Crippen LogP contribution in [0.15, 0.2) is 24.5 Å². The van der Waals surface area contributed by atoms with Crippen molar-refractivity contribution in [1.82, 2.24) is 14.3 Å². The molecular formula is C15H21N3O. The van der Waals surface area contributed by atoms with Crippen LogP contribution in [-0.4, -0.2) is 38.1 Å². The summed E-state index contributed by atoms with van der Waals surface area (Å²) < 4.78 is 2.09. The van der Waals surface area contributed by atoms with Gasteiger partial charge in [0.25, 0.3) is 0 Å². The number of pyridine rings is 1. The number of hydrogen-bond acceptors (Lipinski definition) is 3. The van der Waals surface area contributed by atoms with Gasteiger partial charge in [0.05, 0.1) is 11.3 Å². The maximum absolute atomic E-state index is 9.96. The van der Waals surface area contributed by atoms with Crippen molar-refractivity contribution >= 4 is 5.65 Å². The van der Waals surface area contributed by atoms with Crippen molar-refractivity contribution in [3.05, 3.63) is 35.8 Å². The molecule has 1 aliphatic heterocycles. The summed E-state index contributed by atoms with van der Waals surface area (Å²) in [4.78, 5) is 7.01. The van der Waals surface area contributed by atoms with Gasteiger partial charge in [0, 0.05) is 32.0 Å². The number of aliphatic hydroxyl groups is 1. The van der Waals surface area contributed by atoms with E-state index in [4.69, 9.17) is 0 Å². The first-order chi connectivity index (χ1) is 9.02. The summed E-state index contributed by atoms with van der Waals surface area (Å²) >= 11 is 0. The fourth-order valence-electron chi connectivity index (χ4n) is 2.65. The molecule has 3 heterocycles. The van der Waals surface area contributed by atoms with E-state index in [-0.39, 0.29) is 0 Å². The highest BCUT2D eigenvalue weighted by Gasteiger charge is 2.27. The first-order valence-electron chi connectivity index (χ1n) is 6.91. The second-order valence-corrected chi connectivity index (χ2v) is 5.98. The Bertz CT molecular complexity index is 578. The van der Waals surface area contributed by atoms with Crippen molar-refractivity contribution in [2.75, 3.05) is 13.1 Å². The third-order valence-corrected chi connectivity index (χ3v) is 3.97. The number of rotatable bonds is 2. The van der Waals surface area contributed by atoms with Crippen LogP contribution in [0.25, 0.3) is 5.65 Å². The van der Waals surface area contributed by atoms with E-state index in [1.807, 2.05) is 6.92 Å². The lowest BCUT2D eigenvalue weighted by atomic mass is 9.94. The van der Waals surface area contributed by atoms with Crippen LogP contribution >= 0.6 is 0 Å². The highest BCUT2D eigenvalue weighted by molar-refractivity contribution is 5.41. The number of hydrogen-bond donors (Lipinski definition) is 1. The second kappa shape index (κ2) is 4.62. The van der Waals surface area contributed by atoms with Crippen molar-refractivity contribution in [2.45, 2.75) is 38.8 Å². The average Bonchev–Trinajstić information content (AvgIpc) is 2.73. The minimum atomic E-state index is -0.480. The van der Waals surface area contributed by atoms with E-state index < -0.39 is 5.60 Å². The summed E-state index contributed by atoms with van der Waals surface area (Å²) in [6.07, 6.45) is 5.90. The van der Waals surface area contributed by atoms with E-state index in [1.54, 1.807) is 0 Å². The van der Waals surface area contributed by atoms with Gasteiger partial charge in [-0.1, -0.05) is 6.07 Å². The summed E-state index contributed by atoms with van der Waals surface area (Å²) in [5, 5.41) is 9.96. The highest BCUT2D eigenvalue weighted by atomic mass is 16.3. The van der Waals surface area contributed by atoms with Gasteiger partial charge in [-0.3, -0.25) is 4.90 Å². The molecule has 1 aliphatic rings. The van der Waals surface area contributed by atoms with Gasteiger partial charge in [0.15, 0.2) is 0 Å². The zero-order chi connectivity index (χ0) is 13.5. The van der Waals surface area contributed by atoms with Crippen molar-refractivity contribution in [3.63, 3.8) is 0 Å². The van der Waals surface area contributed by atoms with Crippen LogP contribution in [0.5, 0.6) is 0 Å². The topological polar surface area (TPSA) is 40.8 Å². The van der Waals surface area contributed by atoms with E-state index in [0.717, 1.165) is 43.8 Å². The van der Waals surface area contributed by atoms with Crippen molar-refractivity contribution in [2.24, 2.45) is 0 Å². The quantitative estimate of drug-likeness (QED) is 0.896. The highest BCUT2D eigenvalue weighted by Crippen LogP contribution is 2.22. The molecule has 0 bridgehead atoms. The summed E-state index contributed by atoms with van der Waals surface area (Å²) in [6, 6.07) is 4.14. The molecule has 4 nitrogen and oxygen atoms in total. The smallest absolute Gasteiger partial charge is 0.137 e. The Morgan fingerprint density at radius 1 is 1.26 bits per heavy atom. The van der Waals surface area contributed by atoms with Crippen LogP contribution in [0.1, 0.15) is 31.0 Å². The van der Waals surface area contributed by atoms with Gasteiger partial charge in [0.2, 0.25) is 0 Å². The maximum Gasteiger partial charge on any atom is 0.137 e. The van der Waals surface area contributed by atoms with Gasteiger partial charge >= 0.3 is 0 Å². The van der Waals surface area contributed by atoms with Crippen LogP contribution < -0.4 is 0 Å². The Labute approximate surface area is 113 Å². The van der Waals surface area contributed by atoms with Crippen LogP contribution in [0.3, 0.4) is 0 Å². The number of nitrogens with zero attached hydrogens (tertiary/aromatic N) is 3. The Kier molecular flexibility index (Phi) is 3.07. The van der Waals surface area contributed by atoms with E-state index in [9.17, 15) is 5.11 Å². The van der Waals surface area contributed by atoms with Gasteiger partial charge in [-0.15, -0.1) is 0 Å². The molecule has 0 unspecified atom stereocenters. The molecule has 0 atom stereocenters. The van der Waals surface area contributed by atoms with Gasteiger partial charge in [-0.2, -0.15) is 0 Å². The lowest BCUT2D eigenvalue weighted by Crippen LogP contribution is -2.42. The first-order valence-corrected chi connectivity index (χ1v) is 6.91. The number of aromatic nitrogens is 2. The van der Waals surface area contributed by atoms with E-state index in [1.165, 1.54) is 5.56 Å². The van der Waals surface area contributed by atoms with E-state index >= 15 is 0 Å². The standard InChI is InChI=1S/C15H21N3O/c1-12-3-4-14-16-13(11-18(14)9-12)10-17-7-5-15(2,19)6-8-17/h3-4,9,11,19H,5-8,10H2,1-2H3. The molecule has 0 aromatic carbocycles. The minimum Gasteiger partial charge on any atom is -0.390 e. The van der Waals surface area contributed by atoms with Gasteiger partial charge in [-0.05, 0) is 38.3 Å². The summed E-state index contributed by atoms with van der Waals surface area (Å²) in [5.41, 5.74) is 2.87. The molecule has 1 fully saturated rings. The Morgan fingerprint density at radius 2 is 2.00 bits per heavy atom. The fraction of sp³-hybridized carbons (Fsp3) is 0.533. The molecule has 2 aromatic heterocycles. The van der Waals surface area contributed by atoms with Crippen molar-refractivity contribution < 1.29 is 5.11 Å². The number of imidazole rings is 1. The van der Waals surface area contributed by atoms with E-state index in [0.29, 0.717) is 0 Å². The monoisotopic (exact) mass is 259 g/mol. The molecule has 3 rings (SSSR count). The third kappa shape index (κ3) is 2.80. The fourth-order valence-corrected chi connectivity index (χ4v) is 2.65. The number of likely N-dealkylation sites (tertiary alicyclic amines) is 1. The molecule has 4 heteroatoms. The first kappa shape index (κ1) is 12.6. The zero-order valence-electron chi connectivity index (χ0n) is 11.6. The second-order valence-electron chi connectivity index (χ2n) is 5.98. The van der Waals surface area contributed by atoms with Crippen LogP contribution in [0.4, 0.5) is 0 Å². The van der Waals surface area contributed by atoms with Crippen LogP contribution in [-0.2, 0) is 6.54 Å². The summed E-state index contributed by atoms with van der Waals surface area (Å²) in [6.45, 7) is 6.78. The maximum atomic E-state index is 9.96. The molecule has 19 heavy (non-hydrogen) atoms. The third-order valence-electron chi connectivity index (χ3n) is 3.97. The van der Waals surface area contributed by atoms with E-state index in [2.05, 4.69) is 45.7 Å². The number of aryl methyl sites for hydroxylation is 1. The molecule has 0 saturated carbocycles. The normalized spacial score (nSPS) is 19.9. The number of piperidine rings is 1. The van der Waals surface area contributed by atoms with Gasteiger partial charge in [-0.25, -0.2) is 4.98 Å². The van der Waals surface area contributed by atoms with Gasteiger partial charge in [0.1, 0.15) is 5.65 Å². The predicted molar refractivity (Wildman–Crippen MR) is 75.1 cm³/mol. The molecule has 1 N–H and O–H groups in total. The molecule has 1 saturated heterocycles. The summed E-state index contributed by atoms with van der Waals surface area (Å²) in [7, 11) is 0. The largest absolute Gasteiger partial charge is 0.390 e. The lowest BCUT2D eigenvalue weighted by Gasteiger charge is -2.35. The molecule has 0 radical (unpaired) electrons. The molecule has 0 aliphatic carbocycles. The zero-order valence-corrected chi connectivity index (χ0v) is 11.6. The predicted octanol–water partition coefficient (Wildman–Crippen LogP) is 1.99. The van der Waals surface area contributed by atoms with Gasteiger partial charge < -0.3 is 9.51 Å². The Morgan fingerprint density at radius 3 is 2.74 bits per heavy atom. The van der Waals surface area contributed by atoms with Crippen LogP contribution in [0.2, 0.25) is 0 Å². The molecule has 0 spiro atoms. The molecule has 0 amide bonds. The van der Waals surface area contributed by atoms with Crippen molar-refractivity contribution in [1.29, 1.82) is 0 Å². The molecular weight excluding hydrogens is 238 g/mol. The lowest BCUT2D eigenvalue weighted by molar-refractivity contribution is -0.00754. The Hall–Kier alpha value is -1.39. The molecule has 102 valence electrons. The average molecular weight is 259 g/mol. The minimum absolute atomic E-state index is 0.480. The Balaban J connectivity index is 1.72. The summed E-state index contributed by atoms with van der Waals surface area (Å²) in [5.74, 6) is 0. The molecule has 2 aromatic rings. The SMILES string of the molecule is Cc1ccc2nc(CN3CCC(C)(O)CC3)cn2c1. The number of fused-ring (bicyclic) bond motifs is 1.